The third kappa shape index (κ3) is 9.77. The van der Waals surface area contributed by atoms with Gasteiger partial charge in [-0.1, -0.05) is 58.3 Å². The van der Waals surface area contributed by atoms with E-state index >= 15 is 0 Å². The van der Waals surface area contributed by atoms with Crippen molar-refractivity contribution in [2.45, 2.75) is 122 Å². The van der Waals surface area contributed by atoms with E-state index in [9.17, 15) is 23.1 Å². The Bertz CT molecular complexity index is 896. The van der Waals surface area contributed by atoms with Crippen molar-refractivity contribution in [3.05, 3.63) is 0 Å². The first-order valence-electron chi connectivity index (χ1n) is 14.9. The van der Waals surface area contributed by atoms with Gasteiger partial charge in [0.25, 0.3) is 0 Å². The van der Waals surface area contributed by atoms with Crippen LogP contribution in [-0.2, 0) is 19.4 Å². The highest BCUT2D eigenvalue weighted by Gasteiger charge is 2.42. The van der Waals surface area contributed by atoms with Gasteiger partial charge in [-0.2, -0.15) is 0 Å². The number of amides is 2. The first-order chi connectivity index (χ1) is 17.7. The molecule has 9 heteroatoms. The van der Waals surface area contributed by atoms with Crippen molar-refractivity contribution in [3.8, 4) is 0 Å². The summed E-state index contributed by atoms with van der Waals surface area (Å²) in [6, 6.07) is -0.763. The van der Waals surface area contributed by atoms with E-state index in [1.807, 2.05) is 20.8 Å². The third-order valence-electron chi connectivity index (χ3n) is 8.83. The van der Waals surface area contributed by atoms with Crippen LogP contribution in [0.5, 0.6) is 0 Å². The van der Waals surface area contributed by atoms with Crippen LogP contribution in [0, 0.1) is 23.7 Å². The first-order valence-corrected chi connectivity index (χ1v) is 17.0. The maximum Gasteiger partial charge on any atom is 0.237 e. The SMILES string of the molecule is C[C@@H](CS(C)(=O)=O)C(=O)N[C@@H](CC1CCCCC1)[C@H](O)CN1C[C@H]2CCCC[C@H]2C[C@H]1C(=O)NC(C)(C)C. The molecule has 38 heavy (non-hydrogen) atoms. The molecule has 0 unspecified atom stereocenters. The number of carbonyl (C=O) groups is 2. The molecule has 2 amide bonds. The summed E-state index contributed by atoms with van der Waals surface area (Å²) in [6.45, 7) is 8.71. The van der Waals surface area contributed by atoms with Crippen molar-refractivity contribution in [3.63, 3.8) is 0 Å². The molecule has 0 bridgehead atoms. The van der Waals surface area contributed by atoms with Crippen LogP contribution in [0.15, 0.2) is 0 Å². The number of aliphatic hydroxyl groups excluding tert-OH is 1. The van der Waals surface area contributed by atoms with E-state index in [0.29, 0.717) is 30.7 Å². The number of likely N-dealkylation sites (tertiary alicyclic amines) is 1. The van der Waals surface area contributed by atoms with E-state index < -0.39 is 27.9 Å². The summed E-state index contributed by atoms with van der Waals surface area (Å²) >= 11 is 0. The van der Waals surface area contributed by atoms with E-state index in [1.165, 1.54) is 25.7 Å². The second-order valence-electron chi connectivity index (χ2n) is 13.7. The molecule has 1 aliphatic heterocycles. The molecule has 3 rings (SSSR count). The molecular formula is C29H53N3O5S. The average molecular weight is 556 g/mol. The molecule has 1 heterocycles. The highest BCUT2D eigenvalue weighted by molar-refractivity contribution is 7.90. The Kier molecular flexibility index (Phi) is 11.1. The van der Waals surface area contributed by atoms with Crippen molar-refractivity contribution in [2.75, 3.05) is 25.1 Å². The van der Waals surface area contributed by atoms with Gasteiger partial charge >= 0.3 is 0 Å². The predicted molar refractivity (Wildman–Crippen MR) is 151 cm³/mol. The van der Waals surface area contributed by atoms with Crippen LogP contribution >= 0.6 is 0 Å². The van der Waals surface area contributed by atoms with Gasteiger partial charge in [0.1, 0.15) is 9.84 Å². The molecule has 0 spiro atoms. The zero-order valence-corrected chi connectivity index (χ0v) is 25.2. The van der Waals surface area contributed by atoms with E-state index in [1.54, 1.807) is 6.92 Å². The van der Waals surface area contributed by atoms with Crippen LogP contribution in [0.4, 0.5) is 0 Å². The summed E-state index contributed by atoms with van der Waals surface area (Å²) in [4.78, 5) is 28.6. The maximum atomic E-state index is 13.4. The number of aliphatic hydroxyl groups is 1. The van der Waals surface area contributed by atoms with Gasteiger partial charge in [0.05, 0.1) is 23.9 Å². The highest BCUT2D eigenvalue weighted by Crippen LogP contribution is 2.39. The molecule has 3 fully saturated rings. The third-order valence-corrected chi connectivity index (χ3v) is 9.93. The number of piperidine rings is 1. The summed E-state index contributed by atoms with van der Waals surface area (Å²) in [5, 5.41) is 17.8. The largest absolute Gasteiger partial charge is 0.390 e. The summed E-state index contributed by atoms with van der Waals surface area (Å²) in [5.41, 5.74) is -0.335. The molecule has 3 N–H and O–H groups in total. The Morgan fingerprint density at radius 3 is 2.21 bits per heavy atom. The summed E-state index contributed by atoms with van der Waals surface area (Å²) in [6.07, 6.45) is 12.3. The molecule has 3 aliphatic rings. The molecule has 2 saturated carbocycles. The first kappa shape index (κ1) is 31.3. The zero-order chi connectivity index (χ0) is 28.1. The second kappa shape index (κ2) is 13.4. The van der Waals surface area contributed by atoms with Crippen LogP contribution < -0.4 is 10.6 Å². The molecular weight excluding hydrogens is 502 g/mol. The van der Waals surface area contributed by atoms with Crippen LogP contribution in [0.1, 0.15) is 98.3 Å². The number of nitrogens with zero attached hydrogens (tertiary/aromatic N) is 1. The summed E-state index contributed by atoms with van der Waals surface area (Å²) in [5.74, 6) is 0.298. The number of rotatable bonds is 10. The van der Waals surface area contributed by atoms with Gasteiger partial charge < -0.3 is 15.7 Å². The lowest BCUT2D eigenvalue weighted by Gasteiger charge is -2.47. The van der Waals surface area contributed by atoms with Crippen LogP contribution in [0.3, 0.4) is 0 Å². The Balaban J connectivity index is 1.76. The monoisotopic (exact) mass is 555 g/mol. The number of β-amino-alcohol motifs (C(OH)–C–C–N with tert-alkyl or cyclic N) is 1. The normalized spacial score (nSPS) is 28.1. The van der Waals surface area contributed by atoms with Crippen molar-refractivity contribution in [1.29, 1.82) is 0 Å². The molecule has 2 aliphatic carbocycles. The molecule has 0 radical (unpaired) electrons. The minimum Gasteiger partial charge on any atom is -0.390 e. The Morgan fingerprint density at radius 2 is 1.61 bits per heavy atom. The van der Waals surface area contributed by atoms with Crippen LogP contribution in [-0.4, -0.2) is 79.1 Å². The highest BCUT2D eigenvalue weighted by atomic mass is 32.2. The van der Waals surface area contributed by atoms with Gasteiger partial charge in [0, 0.05) is 30.8 Å². The Hall–Kier alpha value is -1.19. The minimum absolute atomic E-state index is 0.0170. The molecule has 220 valence electrons. The lowest BCUT2D eigenvalue weighted by atomic mass is 9.72. The van der Waals surface area contributed by atoms with E-state index in [0.717, 1.165) is 51.3 Å². The lowest BCUT2D eigenvalue weighted by Crippen LogP contribution is -2.60. The van der Waals surface area contributed by atoms with Gasteiger partial charge in [-0.3, -0.25) is 14.5 Å². The average Bonchev–Trinajstić information content (AvgIpc) is 2.81. The van der Waals surface area contributed by atoms with Crippen LogP contribution in [0.2, 0.25) is 0 Å². The zero-order valence-electron chi connectivity index (χ0n) is 24.4. The number of carbonyl (C=O) groups excluding carboxylic acids is 2. The number of nitrogens with one attached hydrogen (secondary N) is 2. The quantitative estimate of drug-likeness (QED) is 0.381. The molecule has 6 atom stereocenters. The molecule has 8 nitrogen and oxygen atoms in total. The number of hydrogen-bond donors (Lipinski definition) is 3. The molecule has 0 aromatic rings. The van der Waals surface area contributed by atoms with Crippen molar-refractivity contribution >= 4 is 21.7 Å². The smallest absolute Gasteiger partial charge is 0.237 e. The summed E-state index contributed by atoms with van der Waals surface area (Å²) in [7, 11) is -3.29. The second-order valence-corrected chi connectivity index (χ2v) is 15.8. The van der Waals surface area contributed by atoms with E-state index in [-0.39, 0.29) is 29.1 Å². The van der Waals surface area contributed by atoms with Gasteiger partial charge in [-0.05, 0) is 57.8 Å². The minimum atomic E-state index is -3.29. The fourth-order valence-corrected chi connectivity index (χ4v) is 8.00. The number of sulfone groups is 1. The van der Waals surface area contributed by atoms with Gasteiger partial charge in [0.15, 0.2) is 0 Å². The van der Waals surface area contributed by atoms with Gasteiger partial charge in [-0.15, -0.1) is 0 Å². The Morgan fingerprint density at radius 1 is 1.00 bits per heavy atom. The molecule has 0 aromatic carbocycles. The van der Waals surface area contributed by atoms with E-state index in [2.05, 4.69) is 15.5 Å². The summed E-state index contributed by atoms with van der Waals surface area (Å²) < 4.78 is 23.6. The Labute approximate surface area is 231 Å². The number of hydrogen-bond acceptors (Lipinski definition) is 6. The fraction of sp³-hybridized carbons (Fsp3) is 0.931. The molecule has 0 aromatic heterocycles. The predicted octanol–water partition coefficient (Wildman–Crippen LogP) is 3.28. The van der Waals surface area contributed by atoms with Crippen molar-refractivity contribution < 1.29 is 23.1 Å². The fourth-order valence-electron chi connectivity index (χ4n) is 6.94. The number of fused-ring (bicyclic) bond motifs is 1. The van der Waals surface area contributed by atoms with Crippen molar-refractivity contribution in [2.24, 2.45) is 23.7 Å². The van der Waals surface area contributed by atoms with Gasteiger partial charge in [-0.25, -0.2) is 8.42 Å². The molecule has 1 saturated heterocycles. The van der Waals surface area contributed by atoms with Gasteiger partial charge in [0.2, 0.25) is 11.8 Å². The standard InChI is InChI=1S/C29H53N3O5S/c1-20(19-38(5,36)37)27(34)30-24(15-21-11-7-6-8-12-21)26(33)18-32-17-23-14-10-9-13-22(23)16-25(32)28(35)31-29(2,3)4/h20-26,33H,6-19H2,1-5H3,(H,30,34)(H,31,35)/t20-,22-,23+,24-,25-,26+/m0/s1. The van der Waals surface area contributed by atoms with Crippen LogP contribution in [0.25, 0.3) is 0 Å². The van der Waals surface area contributed by atoms with E-state index in [4.69, 9.17) is 0 Å². The lowest BCUT2D eigenvalue weighted by molar-refractivity contribution is -0.133. The van der Waals surface area contributed by atoms with Crippen molar-refractivity contribution in [1.82, 2.24) is 15.5 Å². The topological polar surface area (TPSA) is 116 Å². The maximum absolute atomic E-state index is 13.4.